The molecule has 1 N–H and O–H groups in total. The SMILES string of the molecule is Cc1cc(Br)ccc1NCc1cc(Br)ccc1OC(F)F. The molecule has 0 aromatic heterocycles. The van der Waals surface area contributed by atoms with Crippen LogP contribution in [-0.4, -0.2) is 6.61 Å². The lowest BCUT2D eigenvalue weighted by molar-refractivity contribution is -0.0504. The summed E-state index contributed by atoms with van der Waals surface area (Å²) in [7, 11) is 0. The van der Waals surface area contributed by atoms with E-state index in [-0.39, 0.29) is 5.75 Å². The molecule has 0 aliphatic rings. The molecule has 0 heterocycles. The van der Waals surface area contributed by atoms with Gasteiger partial charge in [0.15, 0.2) is 0 Å². The van der Waals surface area contributed by atoms with Gasteiger partial charge in [-0.05, 0) is 48.9 Å². The molecule has 0 spiro atoms. The van der Waals surface area contributed by atoms with Crippen LogP contribution in [-0.2, 0) is 6.54 Å². The molecular formula is C15H13Br2F2NO. The van der Waals surface area contributed by atoms with Gasteiger partial charge in [-0.15, -0.1) is 0 Å². The van der Waals surface area contributed by atoms with Crippen LogP contribution in [0.2, 0.25) is 0 Å². The van der Waals surface area contributed by atoms with Crippen molar-refractivity contribution in [3.63, 3.8) is 0 Å². The van der Waals surface area contributed by atoms with E-state index >= 15 is 0 Å². The van der Waals surface area contributed by atoms with Gasteiger partial charge in [0.05, 0.1) is 0 Å². The van der Waals surface area contributed by atoms with Crippen molar-refractivity contribution in [2.45, 2.75) is 20.1 Å². The summed E-state index contributed by atoms with van der Waals surface area (Å²) in [5, 5.41) is 3.23. The smallest absolute Gasteiger partial charge is 0.387 e. The Bertz CT molecular complexity index is 635. The zero-order valence-electron chi connectivity index (χ0n) is 11.2. The minimum atomic E-state index is -2.83. The number of ether oxygens (including phenoxy) is 1. The Morgan fingerprint density at radius 1 is 1.10 bits per heavy atom. The predicted octanol–water partition coefficient (Wildman–Crippen LogP) is 5.73. The molecule has 112 valence electrons. The average Bonchev–Trinajstić information content (AvgIpc) is 2.40. The summed E-state index contributed by atoms with van der Waals surface area (Å²) in [6.07, 6.45) is 0. The fourth-order valence-electron chi connectivity index (χ4n) is 1.91. The quantitative estimate of drug-likeness (QED) is 0.666. The van der Waals surface area contributed by atoms with E-state index in [2.05, 4.69) is 41.9 Å². The van der Waals surface area contributed by atoms with Gasteiger partial charge in [0.2, 0.25) is 0 Å². The Morgan fingerprint density at radius 3 is 2.43 bits per heavy atom. The Kier molecular flexibility index (Phi) is 5.58. The van der Waals surface area contributed by atoms with Crippen LogP contribution in [0.25, 0.3) is 0 Å². The minimum Gasteiger partial charge on any atom is -0.434 e. The van der Waals surface area contributed by atoms with E-state index < -0.39 is 6.61 Å². The average molecular weight is 421 g/mol. The van der Waals surface area contributed by atoms with Gasteiger partial charge in [0, 0.05) is 26.7 Å². The fraction of sp³-hybridized carbons (Fsp3) is 0.200. The third-order valence-electron chi connectivity index (χ3n) is 2.90. The molecule has 0 atom stereocenters. The molecule has 2 nitrogen and oxygen atoms in total. The van der Waals surface area contributed by atoms with E-state index in [9.17, 15) is 8.78 Å². The number of anilines is 1. The van der Waals surface area contributed by atoms with Crippen molar-refractivity contribution < 1.29 is 13.5 Å². The van der Waals surface area contributed by atoms with Crippen LogP contribution in [0.3, 0.4) is 0 Å². The summed E-state index contributed by atoms with van der Waals surface area (Å²) in [5.41, 5.74) is 2.67. The second-order valence-electron chi connectivity index (χ2n) is 4.44. The van der Waals surface area contributed by atoms with Crippen molar-refractivity contribution in [3.05, 3.63) is 56.5 Å². The maximum atomic E-state index is 12.4. The van der Waals surface area contributed by atoms with Gasteiger partial charge in [-0.3, -0.25) is 0 Å². The number of alkyl halides is 2. The molecule has 2 aromatic rings. The second-order valence-corrected chi connectivity index (χ2v) is 6.27. The molecule has 0 aliphatic carbocycles. The first-order chi connectivity index (χ1) is 9.95. The van der Waals surface area contributed by atoms with E-state index in [4.69, 9.17) is 0 Å². The van der Waals surface area contributed by atoms with Crippen LogP contribution in [0, 0.1) is 6.92 Å². The van der Waals surface area contributed by atoms with Crippen LogP contribution in [0.4, 0.5) is 14.5 Å². The van der Waals surface area contributed by atoms with Crippen LogP contribution in [0.5, 0.6) is 5.75 Å². The zero-order chi connectivity index (χ0) is 15.4. The topological polar surface area (TPSA) is 21.3 Å². The van der Waals surface area contributed by atoms with Gasteiger partial charge < -0.3 is 10.1 Å². The zero-order valence-corrected chi connectivity index (χ0v) is 14.3. The Balaban J connectivity index is 2.16. The van der Waals surface area contributed by atoms with E-state index in [0.717, 1.165) is 20.2 Å². The molecule has 0 amide bonds. The number of hydrogen-bond acceptors (Lipinski definition) is 2. The van der Waals surface area contributed by atoms with E-state index in [1.165, 1.54) is 6.07 Å². The van der Waals surface area contributed by atoms with Gasteiger partial charge >= 0.3 is 6.61 Å². The molecular weight excluding hydrogens is 408 g/mol. The maximum absolute atomic E-state index is 12.4. The first-order valence-electron chi connectivity index (χ1n) is 6.19. The number of rotatable bonds is 5. The Morgan fingerprint density at radius 2 is 1.76 bits per heavy atom. The minimum absolute atomic E-state index is 0.176. The van der Waals surface area contributed by atoms with Crippen molar-refractivity contribution in [2.24, 2.45) is 0 Å². The lowest BCUT2D eigenvalue weighted by atomic mass is 10.1. The molecule has 0 saturated heterocycles. The van der Waals surface area contributed by atoms with Gasteiger partial charge in [-0.2, -0.15) is 8.78 Å². The van der Waals surface area contributed by atoms with Crippen molar-refractivity contribution in [2.75, 3.05) is 5.32 Å². The molecule has 2 aromatic carbocycles. The third kappa shape index (κ3) is 4.68. The predicted molar refractivity (Wildman–Crippen MR) is 87.0 cm³/mol. The van der Waals surface area contributed by atoms with E-state index in [0.29, 0.717) is 12.1 Å². The summed E-state index contributed by atoms with van der Waals surface area (Å²) >= 11 is 6.74. The normalized spacial score (nSPS) is 10.8. The van der Waals surface area contributed by atoms with Crippen LogP contribution in [0.1, 0.15) is 11.1 Å². The summed E-state index contributed by atoms with van der Waals surface area (Å²) in [6.45, 7) is -0.464. The molecule has 6 heteroatoms. The number of hydrogen-bond donors (Lipinski definition) is 1. The summed E-state index contributed by atoms with van der Waals surface area (Å²) < 4.78 is 31.2. The van der Waals surface area contributed by atoms with Gasteiger partial charge in [0.1, 0.15) is 5.75 Å². The van der Waals surface area contributed by atoms with E-state index in [1.807, 2.05) is 25.1 Å². The van der Waals surface area contributed by atoms with E-state index in [1.54, 1.807) is 12.1 Å². The summed E-state index contributed by atoms with van der Waals surface area (Å²) in [6, 6.07) is 10.8. The van der Waals surface area contributed by atoms with Crippen LogP contribution in [0.15, 0.2) is 45.3 Å². The molecule has 21 heavy (non-hydrogen) atoms. The van der Waals surface area contributed by atoms with Crippen LogP contribution >= 0.6 is 31.9 Å². The number of halogens is 4. The standard InChI is InChI=1S/C15H13Br2F2NO/c1-9-6-11(16)2-4-13(9)20-8-10-7-12(17)3-5-14(10)21-15(18)19/h2-7,15,20H,8H2,1H3. The van der Waals surface area contributed by atoms with Crippen molar-refractivity contribution >= 4 is 37.5 Å². The first kappa shape index (κ1) is 16.2. The van der Waals surface area contributed by atoms with Gasteiger partial charge in [-0.25, -0.2) is 0 Å². The number of aryl methyl sites for hydroxylation is 1. The lowest BCUT2D eigenvalue weighted by Gasteiger charge is -2.14. The highest BCUT2D eigenvalue weighted by Gasteiger charge is 2.10. The molecule has 0 saturated carbocycles. The highest BCUT2D eigenvalue weighted by atomic mass is 79.9. The molecule has 0 bridgehead atoms. The highest BCUT2D eigenvalue weighted by Crippen LogP contribution is 2.27. The van der Waals surface area contributed by atoms with Gasteiger partial charge in [0.25, 0.3) is 0 Å². The highest BCUT2D eigenvalue weighted by molar-refractivity contribution is 9.10. The van der Waals surface area contributed by atoms with Crippen molar-refractivity contribution in [1.29, 1.82) is 0 Å². The van der Waals surface area contributed by atoms with Crippen LogP contribution < -0.4 is 10.1 Å². The fourth-order valence-corrected chi connectivity index (χ4v) is 2.80. The third-order valence-corrected chi connectivity index (χ3v) is 3.88. The number of benzene rings is 2. The van der Waals surface area contributed by atoms with Crippen molar-refractivity contribution in [3.8, 4) is 5.75 Å². The second kappa shape index (κ2) is 7.22. The van der Waals surface area contributed by atoms with Gasteiger partial charge in [-0.1, -0.05) is 31.9 Å². The molecule has 0 fully saturated rings. The lowest BCUT2D eigenvalue weighted by Crippen LogP contribution is -2.07. The monoisotopic (exact) mass is 419 g/mol. The maximum Gasteiger partial charge on any atom is 0.387 e. The largest absolute Gasteiger partial charge is 0.434 e. The number of nitrogens with one attached hydrogen (secondary N) is 1. The summed E-state index contributed by atoms with van der Waals surface area (Å²) in [5.74, 6) is 0.176. The Labute approximate surface area is 138 Å². The molecule has 0 unspecified atom stereocenters. The Hall–Kier alpha value is -1.14. The van der Waals surface area contributed by atoms with Crippen molar-refractivity contribution in [1.82, 2.24) is 0 Å². The molecule has 0 radical (unpaired) electrons. The summed E-state index contributed by atoms with van der Waals surface area (Å²) in [4.78, 5) is 0. The molecule has 0 aliphatic heterocycles. The molecule has 2 rings (SSSR count). The first-order valence-corrected chi connectivity index (χ1v) is 7.77.